The van der Waals surface area contributed by atoms with Crippen LogP contribution >= 0.6 is 0 Å². The summed E-state index contributed by atoms with van der Waals surface area (Å²) in [6, 6.07) is 9.88. The minimum absolute atomic E-state index is 0.123. The number of benzene rings is 1. The molecule has 3 nitrogen and oxygen atoms in total. The maximum Gasteiger partial charge on any atom is 0.224 e. The molecule has 1 aromatic rings. The van der Waals surface area contributed by atoms with Crippen molar-refractivity contribution in [2.75, 3.05) is 19.8 Å². The third kappa shape index (κ3) is 5.43. The van der Waals surface area contributed by atoms with E-state index in [1.54, 1.807) is 0 Å². The molecule has 1 amide bonds. The Kier molecular flexibility index (Phi) is 5.89. The second-order valence-electron chi connectivity index (χ2n) is 5.21. The second kappa shape index (κ2) is 7.95. The van der Waals surface area contributed by atoms with E-state index in [-0.39, 0.29) is 5.91 Å². The normalized spacial score (nSPS) is 16.2. The van der Waals surface area contributed by atoms with Gasteiger partial charge in [0.05, 0.1) is 6.42 Å². The van der Waals surface area contributed by atoms with Crippen LogP contribution in [0.15, 0.2) is 30.3 Å². The summed E-state index contributed by atoms with van der Waals surface area (Å²) in [5.41, 5.74) is 1.07. The smallest absolute Gasteiger partial charge is 0.224 e. The molecule has 0 aliphatic carbocycles. The van der Waals surface area contributed by atoms with Gasteiger partial charge < -0.3 is 10.1 Å². The van der Waals surface area contributed by atoms with Crippen molar-refractivity contribution in [3.05, 3.63) is 35.9 Å². The first-order valence-corrected chi connectivity index (χ1v) is 7.23. The summed E-state index contributed by atoms with van der Waals surface area (Å²) in [6.45, 7) is 2.61. The van der Waals surface area contributed by atoms with E-state index < -0.39 is 0 Å². The van der Waals surface area contributed by atoms with Gasteiger partial charge >= 0.3 is 0 Å². The van der Waals surface area contributed by atoms with Crippen LogP contribution in [-0.2, 0) is 16.0 Å². The van der Waals surface area contributed by atoms with Crippen LogP contribution in [-0.4, -0.2) is 25.7 Å². The van der Waals surface area contributed by atoms with Crippen molar-refractivity contribution in [3.63, 3.8) is 0 Å². The first kappa shape index (κ1) is 14.1. The van der Waals surface area contributed by atoms with Gasteiger partial charge in [-0.25, -0.2) is 0 Å². The molecule has 0 unspecified atom stereocenters. The molecule has 0 bridgehead atoms. The van der Waals surface area contributed by atoms with E-state index in [0.717, 1.165) is 37.7 Å². The Hall–Kier alpha value is -1.35. The molecule has 1 aromatic carbocycles. The molecule has 0 aromatic heterocycles. The molecule has 104 valence electrons. The number of carbonyl (C=O) groups excluding carboxylic acids is 1. The molecule has 1 N–H and O–H groups in total. The van der Waals surface area contributed by atoms with Crippen LogP contribution in [0.4, 0.5) is 0 Å². The van der Waals surface area contributed by atoms with Gasteiger partial charge in [0.15, 0.2) is 0 Å². The van der Waals surface area contributed by atoms with Crippen molar-refractivity contribution in [1.29, 1.82) is 0 Å². The van der Waals surface area contributed by atoms with E-state index in [0.29, 0.717) is 6.42 Å². The van der Waals surface area contributed by atoms with Crippen molar-refractivity contribution >= 4 is 5.91 Å². The van der Waals surface area contributed by atoms with Gasteiger partial charge in [0.1, 0.15) is 0 Å². The van der Waals surface area contributed by atoms with Crippen molar-refractivity contribution in [2.45, 2.75) is 32.1 Å². The topological polar surface area (TPSA) is 38.3 Å². The molecule has 0 saturated carbocycles. The molecule has 0 radical (unpaired) electrons. The van der Waals surface area contributed by atoms with Gasteiger partial charge in [-0.15, -0.1) is 0 Å². The average molecular weight is 261 g/mol. The van der Waals surface area contributed by atoms with Crippen molar-refractivity contribution in [1.82, 2.24) is 5.32 Å². The van der Waals surface area contributed by atoms with Crippen LogP contribution in [0.25, 0.3) is 0 Å². The Labute approximate surface area is 115 Å². The molecule has 1 aliphatic rings. The molecule has 0 spiro atoms. The van der Waals surface area contributed by atoms with Gasteiger partial charge in [0, 0.05) is 19.8 Å². The Balaban J connectivity index is 1.56. The van der Waals surface area contributed by atoms with Crippen LogP contribution in [0, 0.1) is 5.92 Å². The molecule has 1 heterocycles. The van der Waals surface area contributed by atoms with E-state index >= 15 is 0 Å². The highest BCUT2D eigenvalue weighted by atomic mass is 16.5. The highest BCUT2D eigenvalue weighted by molar-refractivity contribution is 5.78. The third-order valence-corrected chi connectivity index (χ3v) is 3.66. The number of hydrogen-bond acceptors (Lipinski definition) is 2. The first-order valence-electron chi connectivity index (χ1n) is 7.23. The van der Waals surface area contributed by atoms with Crippen LogP contribution in [0.2, 0.25) is 0 Å². The predicted molar refractivity (Wildman–Crippen MR) is 75.9 cm³/mol. The lowest BCUT2D eigenvalue weighted by Crippen LogP contribution is -2.26. The second-order valence-corrected chi connectivity index (χ2v) is 5.21. The van der Waals surface area contributed by atoms with Gasteiger partial charge in [0.25, 0.3) is 0 Å². The maximum atomic E-state index is 11.7. The quantitative estimate of drug-likeness (QED) is 0.799. The molecule has 19 heavy (non-hydrogen) atoms. The minimum Gasteiger partial charge on any atom is -0.381 e. The van der Waals surface area contributed by atoms with Crippen LogP contribution < -0.4 is 5.32 Å². The molecular weight excluding hydrogens is 238 g/mol. The van der Waals surface area contributed by atoms with E-state index in [2.05, 4.69) is 5.32 Å². The zero-order valence-electron chi connectivity index (χ0n) is 11.4. The summed E-state index contributed by atoms with van der Waals surface area (Å²) in [5, 5.41) is 3.00. The Bertz CT molecular complexity index is 372. The number of ether oxygens (including phenoxy) is 1. The Morgan fingerprint density at radius 1 is 1.21 bits per heavy atom. The van der Waals surface area contributed by atoms with Gasteiger partial charge in [-0.2, -0.15) is 0 Å². The predicted octanol–water partition coefficient (Wildman–Crippen LogP) is 2.55. The molecular formula is C16H23NO2. The van der Waals surface area contributed by atoms with Crippen LogP contribution in [0.5, 0.6) is 0 Å². The van der Waals surface area contributed by atoms with Gasteiger partial charge in [-0.05, 0) is 37.2 Å². The highest BCUT2D eigenvalue weighted by Crippen LogP contribution is 2.19. The largest absolute Gasteiger partial charge is 0.381 e. The summed E-state index contributed by atoms with van der Waals surface area (Å²) < 4.78 is 5.34. The Morgan fingerprint density at radius 3 is 2.68 bits per heavy atom. The highest BCUT2D eigenvalue weighted by Gasteiger charge is 2.13. The number of amides is 1. The molecule has 1 saturated heterocycles. The lowest BCUT2D eigenvalue weighted by atomic mass is 9.95. The minimum atomic E-state index is 0.123. The van der Waals surface area contributed by atoms with Crippen LogP contribution in [0.1, 0.15) is 31.2 Å². The number of hydrogen-bond donors (Lipinski definition) is 1. The zero-order valence-corrected chi connectivity index (χ0v) is 11.4. The summed E-state index contributed by atoms with van der Waals surface area (Å²) in [6.07, 6.45) is 5.12. The lowest BCUT2D eigenvalue weighted by molar-refractivity contribution is -0.120. The summed E-state index contributed by atoms with van der Waals surface area (Å²) in [4.78, 5) is 11.7. The fourth-order valence-corrected chi connectivity index (χ4v) is 2.50. The average Bonchev–Trinajstić information content (AvgIpc) is 2.46. The van der Waals surface area contributed by atoms with Gasteiger partial charge in [-0.1, -0.05) is 30.3 Å². The molecule has 1 aliphatic heterocycles. The number of carbonyl (C=O) groups is 1. The lowest BCUT2D eigenvalue weighted by Gasteiger charge is -2.21. The number of rotatable bonds is 6. The number of nitrogens with one attached hydrogen (secondary N) is 1. The fraction of sp³-hybridized carbons (Fsp3) is 0.562. The van der Waals surface area contributed by atoms with E-state index in [4.69, 9.17) is 4.74 Å². The third-order valence-electron chi connectivity index (χ3n) is 3.66. The van der Waals surface area contributed by atoms with E-state index in [9.17, 15) is 4.79 Å². The summed E-state index contributed by atoms with van der Waals surface area (Å²) >= 11 is 0. The van der Waals surface area contributed by atoms with Gasteiger partial charge in [0.2, 0.25) is 5.91 Å². The molecule has 3 heteroatoms. The van der Waals surface area contributed by atoms with Crippen molar-refractivity contribution in [2.24, 2.45) is 5.92 Å². The molecule has 2 rings (SSSR count). The fourth-order valence-electron chi connectivity index (χ4n) is 2.50. The van der Waals surface area contributed by atoms with E-state index in [1.807, 2.05) is 30.3 Å². The summed E-state index contributed by atoms with van der Waals surface area (Å²) in [5.74, 6) is 0.915. The van der Waals surface area contributed by atoms with Crippen LogP contribution in [0.3, 0.4) is 0 Å². The monoisotopic (exact) mass is 261 g/mol. The summed E-state index contributed by atoms with van der Waals surface area (Å²) in [7, 11) is 0. The van der Waals surface area contributed by atoms with Crippen molar-refractivity contribution in [3.8, 4) is 0 Å². The van der Waals surface area contributed by atoms with E-state index in [1.165, 1.54) is 19.3 Å². The molecule has 0 atom stereocenters. The maximum absolute atomic E-state index is 11.7. The van der Waals surface area contributed by atoms with Crippen molar-refractivity contribution < 1.29 is 9.53 Å². The SMILES string of the molecule is O=C(Cc1ccccc1)NCCCC1CCOCC1. The Morgan fingerprint density at radius 2 is 1.95 bits per heavy atom. The van der Waals surface area contributed by atoms with Gasteiger partial charge in [-0.3, -0.25) is 4.79 Å². The molecule has 1 fully saturated rings. The standard InChI is InChI=1S/C16H23NO2/c18-16(13-15-5-2-1-3-6-15)17-10-4-7-14-8-11-19-12-9-14/h1-3,5-6,14H,4,7-13H2,(H,17,18). The zero-order chi connectivity index (χ0) is 13.3. The first-order chi connectivity index (χ1) is 9.34.